The largest absolute Gasteiger partial charge is 0.307 e. The van der Waals surface area contributed by atoms with Gasteiger partial charge in [0.25, 0.3) is 11.8 Å². The summed E-state index contributed by atoms with van der Waals surface area (Å²) in [4.78, 5) is 34.0. The minimum Gasteiger partial charge on any atom is -0.307 e. The molecular formula is C35H44Br2N2O2S2. The Balaban J connectivity index is 1.96. The molecule has 43 heavy (non-hydrogen) atoms. The molecule has 0 saturated carbocycles. The van der Waals surface area contributed by atoms with Crippen LogP contribution in [0, 0.1) is 11.8 Å². The van der Waals surface area contributed by atoms with Crippen LogP contribution in [0.3, 0.4) is 0 Å². The smallest absolute Gasteiger partial charge is 0.260 e. The third-order valence-electron chi connectivity index (χ3n) is 8.67. The van der Waals surface area contributed by atoms with Crippen molar-refractivity contribution in [1.82, 2.24) is 0 Å². The summed E-state index contributed by atoms with van der Waals surface area (Å²) in [7, 11) is 0. The van der Waals surface area contributed by atoms with E-state index in [0.29, 0.717) is 35.4 Å². The molecule has 2 aromatic rings. The normalized spacial score (nSPS) is 16.8. The van der Waals surface area contributed by atoms with E-state index in [0.717, 1.165) is 91.9 Å². The van der Waals surface area contributed by atoms with Crippen LogP contribution in [0.5, 0.6) is 0 Å². The maximum atomic E-state index is 14.3. The minimum absolute atomic E-state index is 0.0110. The second-order valence-corrected chi connectivity index (χ2v) is 15.9. The zero-order valence-electron chi connectivity index (χ0n) is 26.0. The van der Waals surface area contributed by atoms with Crippen LogP contribution < -0.4 is 20.2 Å². The van der Waals surface area contributed by atoms with E-state index in [2.05, 4.69) is 71.7 Å². The van der Waals surface area contributed by atoms with Gasteiger partial charge in [-0.2, -0.15) is 0 Å². The van der Waals surface area contributed by atoms with E-state index in [1.54, 1.807) is 11.3 Å². The SMILES string of the molecule is CCCCC(CC)CN1C(=O)C(/C(S)=C/C=C(\C)Br)=c2cc3c(cc21)=C(c1ccc(Br)s1)C(=O)N3CC(CC)CCCC. The lowest BCUT2D eigenvalue weighted by molar-refractivity contribution is -0.114. The molecule has 2 aliphatic heterocycles. The topological polar surface area (TPSA) is 40.6 Å². The molecule has 8 heteroatoms. The fraction of sp³-hybridized carbons (Fsp3) is 0.486. The lowest BCUT2D eigenvalue weighted by Gasteiger charge is -2.26. The van der Waals surface area contributed by atoms with Crippen LogP contribution in [0.15, 0.2) is 49.6 Å². The van der Waals surface area contributed by atoms with E-state index in [4.69, 9.17) is 12.6 Å². The van der Waals surface area contributed by atoms with E-state index in [1.165, 1.54) is 0 Å². The van der Waals surface area contributed by atoms with Crippen LogP contribution in [0.1, 0.15) is 90.9 Å². The number of hydrogen-bond acceptors (Lipinski definition) is 4. The number of hydrogen-bond donors (Lipinski definition) is 1. The Morgan fingerprint density at radius 3 is 1.95 bits per heavy atom. The number of amides is 2. The molecule has 232 valence electrons. The van der Waals surface area contributed by atoms with Gasteiger partial charge in [-0.05, 0) is 82.4 Å². The molecule has 2 aliphatic rings. The van der Waals surface area contributed by atoms with Crippen molar-refractivity contribution in [3.05, 3.63) is 64.9 Å². The van der Waals surface area contributed by atoms with Gasteiger partial charge < -0.3 is 9.80 Å². The van der Waals surface area contributed by atoms with Crippen molar-refractivity contribution in [2.75, 3.05) is 22.9 Å². The van der Waals surface area contributed by atoms with Crippen LogP contribution in [0.25, 0.3) is 11.1 Å². The number of unbranched alkanes of at least 4 members (excludes halogenated alkanes) is 2. The molecule has 0 N–H and O–H groups in total. The number of carbonyl (C=O) groups is 2. The number of halogens is 2. The molecule has 4 rings (SSSR count). The quantitative estimate of drug-likeness (QED) is 0.146. The number of fused-ring (bicyclic) bond motifs is 2. The number of thiol groups is 1. The fourth-order valence-electron chi connectivity index (χ4n) is 6.07. The van der Waals surface area contributed by atoms with Gasteiger partial charge >= 0.3 is 0 Å². The Morgan fingerprint density at radius 2 is 1.44 bits per heavy atom. The molecule has 2 amide bonds. The number of nitrogens with zero attached hydrogens (tertiary/aromatic N) is 2. The fourth-order valence-corrected chi connectivity index (χ4v) is 7.93. The van der Waals surface area contributed by atoms with E-state index in [9.17, 15) is 9.59 Å². The Labute approximate surface area is 283 Å². The summed E-state index contributed by atoms with van der Waals surface area (Å²) in [6, 6.07) is 8.24. The number of allylic oxidation sites excluding steroid dienone is 3. The highest BCUT2D eigenvalue weighted by Crippen LogP contribution is 2.36. The van der Waals surface area contributed by atoms with E-state index >= 15 is 0 Å². The lowest BCUT2D eigenvalue weighted by Crippen LogP contribution is -2.35. The zero-order chi connectivity index (χ0) is 31.3. The molecule has 1 aromatic heterocycles. The van der Waals surface area contributed by atoms with Crippen molar-refractivity contribution in [3.63, 3.8) is 0 Å². The van der Waals surface area contributed by atoms with Crippen LogP contribution in [-0.4, -0.2) is 24.9 Å². The molecule has 1 aromatic carbocycles. The number of thiophene rings is 1. The van der Waals surface area contributed by atoms with E-state index in [-0.39, 0.29) is 11.8 Å². The van der Waals surface area contributed by atoms with Gasteiger partial charge in [-0.15, -0.1) is 24.0 Å². The molecule has 2 unspecified atom stereocenters. The van der Waals surface area contributed by atoms with Crippen LogP contribution in [0.4, 0.5) is 11.4 Å². The van der Waals surface area contributed by atoms with Crippen LogP contribution in [0.2, 0.25) is 0 Å². The second kappa shape index (κ2) is 15.6. The van der Waals surface area contributed by atoms with Crippen molar-refractivity contribution < 1.29 is 9.59 Å². The van der Waals surface area contributed by atoms with Crippen LogP contribution in [-0.2, 0) is 9.59 Å². The summed E-state index contributed by atoms with van der Waals surface area (Å²) in [5.41, 5.74) is 3.12. The van der Waals surface area contributed by atoms with E-state index in [1.807, 2.05) is 41.0 Å². The summed E-state index contributed by atoms with van der Waals surface area (Å²) in [5, 5.41) is 1.79. The molecule has 0 saturated heterocycles. The number of benzene rings is 1. The van der Waals surface area contributed by atoms with Crippen molar-refractivity contribution >= 4 is 90.2 Å². The molecule has 0 spiro atoms. The summed E-state index contributed by atoms with van der Waals surface area (Å²) in [6.07, 6.45) is 12.6. The molecule has 2 atom stereocenters. The minimum atomic E-state index is -0.0110. The maximum absolute atomic E-state index is 14.3. The Kier molecular flexibility index (Phi) is 12.4. The third-order valence-corrected chi connectivity index (χ3v) is 10.9. The zero-order valence-corrected chi connectivity index (χ0v) is 30.9. The molecule has 0 aliphatic carbocycles. The Bertz CT molecular complexity index is 1540. The van der Waals surface area contributed by atoms with Crippen molar-refractivity contribution in [1.29, 1.82) is 0 Å². The van der Waals surface area contributed by atoms with Gasteiger partial charge in [-0.3, -0.25) is 9.59 Å². The Morgan fingerprint density at radius 1 is 0.884 bits per heavy atom. The molecule has 4 nitrogen and oxygen atoms in total. The highest BCUT2D eigenvalue weighted by molar-refractivity contribution is 9.11. The number of carbonyl (C=O) groups excluding carboxylic acids is 2. The van der Waals surface area contributed by atoms with Gasteiger partial charge in [0.05, 0.1) is 26.3 Å². The predicted octanol–water partition coefficient (Wildman–Crippen LogP) is 9.10. The van der Waals surface area contributed by atoms with Gasteiger partial charge in [-0.1, -0.05) is 88.2 Å². The molecule has 0 radical (unpaired) electrons. The second-order valence-electron chi connectivity index (χ2n) is 11.7. The average molecular weight is 749 g/mol. The van der Waals surface area contributed by atoms with Crippen molar-refractivity contribution in [3.8, 4) is 0 Å². The van der Waals surface area contributed by atoms with Gasteiger partial charge in [-0.25, -0.2) is 0 Å². The van der Waals surface area contributed by atoms with Gasteiger partial charge in [0.2, 0.25) is 0 Å². The lowest BCUT2D eigenvalue weighted by atomic mass is 9.98. The number of rotatable bonds is 15. The maximum Gasteiger partial charge on any atom is 0.260 e. The van der Waals surface area contributed by atoms with E-state index < -0.39 is 0 Å². The average Bonchev–Trinajstić information content (AvgIpc) is 3.61. The standard InChI is InChI=1S/C35H44Br2N2O2S2/c1-6-10-12-23(8-3)20-38-27-19-26-28(18-25(27)32(34(38)40)29(42)15-14-22(5)36)39(21-24(9-4)13-11-7-2)35(41)33(26)30-16-17-31(37)43-30/h14-19,23-24,42H,6-13,20-21H2,1-5H3/b22-14+,29-15-. The molecule has 0 fully saturated rings. The monoisotopic (exact) mass is 746 g/mol. The van der Waals surface area contributed by atoms with Crippen LogP contribution >= 0.6 is 55.8 Å². The summed E-state index contributed by atoms with van der Waals surface area (Å²) in [6.45, 7) is 12.1. The first-order chi connectivity index (χ1) is 20.6. The predicted molar refractivity (Wildman–Crippen MR) is 195 cm³/mol. The molecule has 0 bridgehead atoms. The highest BCUT2D eigenvalue weighted by atomic mass is 79.9. The van der Waals surface area contributed by atoms with Gasteiger partial charge in [0.1, 0.15) is 0 Å². The van der Waals surface area contributed by atoms with Gasteiger partial charge in [0, 0.05) is 33.3 Å². The molecular weight excluding hydrogens is 704 g/mol. The third kappa shape index (κ3) is 7.62. The van der Waals surface area contributed by atoms with Crippen molar-refractivity contribution in [2.24, 2.45) is 11.8 Å². The summed E-state index contributed by atoms with van der Waals surface area (Å²) >= 11 is 13.5. The van der Waals surface area contributed by atoms with Crippen molar-refractivity contribution in [2.45, 2.75) is 86.0 Å². The first-order valence-electron chi connectivity index (χ1n) is 15.7. The first kappa shape index (κ1) is 34.3. The molecule has 3 heterocycles. The number of anilines is 2. The first-order valence-corrected chi connectivity index (χ1v) is 18.5. The summed E-state index contributed by atoms with van der Waals surface area (Å²) in [5.74, 6) is 0.858. The summed E-state index contributed by atoms with van der Waals surface area (Å²) < 4.78 is 1.95. The van der Waals surface area contributed by atoms with Gasteiger partial charge in [0.15, 0.2) is 0 Å². The highest BCUT2D eigenvalue weighted by Gasteiger charge is 2.37. The Hall–Kier alpha value is -1.61.